The van der Waals surface area contributed by atoms with Gasteiger partial charge in [-0.3, -0.25) is 4.79 Å². The number of piperidine rings is 1. The summed E-state index contributed by atoms with van der Waals surface area (Å²) < 4.78 is 28.0. The second kappa shape index (κ2) is 5.34. The number of nitrogens with zero attached hydrogens (tertiary/aromatic N) is 2. The molecule has 1 aromatic heterocycles. The lowest BCUT2D eigenvalue weighted by Crippen LogP contribution is -2.44. The number of hydrogen-bond donors (Lipinski definition) is 1. The number of carboxylic acid groups (broad SMARTS) is 1. The highest BCUT2D eigenvalue weighted by Crippen LogP contribution is 2.27. The van der Waals surface area contributed by atoms with Crippen molar-refractivity contribution < 1.29 is 18.3 Å². The number of carbonyl (C=O) groups is 1. The Balaban J connectivity index is 2.28. The molecule has 7 heteroatoms. The number of hydrogen-bond acceptors (Lipinski definition) is 3. The van der Waals surface area contributed by atoms with Crippen LogP contribution in [0.25, 0.3) is 0 Å². The molecule has 0 aromatic carbocycles. The molecule has 0 bridgehead atoms. The maximum Gasteiger partial charge on any atom is 0.304 e. The topological polar surface area (TPSA) is 79.6 Å². The predicted octanol–water partition coefficient (Wildman–Crippen LogP) is 1.04. The van der Waals surface area contributed by atoms with Crippen molar-refractivity contribution in [2.75, 3.05) is 6.54 Å². The highest BCUT2D eigenvalue weighted by atomic mass is 32.2. The van der Waals surface area contributed by atoms with Crippen LogP contribution in [0.5, 0.6) is 0 Å². The summed E-state index contributed by atoms with van der Waals surface area (Å²) in [5.74, 6) is -0.958. The summed E-state index contributed by atoms with van der Waals surface area (Å²) in [6.45, 7) is 0.398. The zero-order valence-electron chi connectivity index (χ0n) is 10.8. The van der Waals surface area contributed by atoms with Crippen molar-refractivity contribution in [2.24, 2.45) is 7.05 Å². The lowest BCUT2D eigenvalue weighted by atomic mass is 10.0. The Labute approximate surface area is 112 Å². The minimum Gasteiger partial charge on any atom is -0.481 e. The second-order valence-corrected chi connectivity index (χ2v) is 6.77. The average molecular weight is 286 g/mol. The predicted molar refractivity (Wildman–Crippen MR) is 69.2 cm³/mol. The molecule has 6 nitrogen and oxygen atoms in total. The molecule has 2 heterocycles. The summed E-state index contributed by atoms with van der Waals surface area (Å²) in [5.41, 5.74) is 0. The lowest BCUT2D eigenvalue weighted by Gasteiger charge is -2.33. The molecule has 0 spiro atoms. The van der Waals surface area contributed by atoms with Gasteiger partial charge in [-0.2, -0.15) is 4.31 Å². The molecule has 1 N–H and O–H groups in total. The number of aromatic nitrogens is 1. The largest absolute Gasteiger partial charge is 0.481 e. The van der Waals surface area contributed by atoms with Crippen LogP contribution in [0.15, 0.2) is 23.4 Å². The van der Waals surface area contributed by atoms with Gasteiger partial charge in [0.25, 0.3) is 0 Å². The summed E-state index contributed by atoms with van der Waals surface area (Å²) in [6.07, 6.45) is 5.34. The molecule has 1 atom stereocenters. The fourth-order valence-electron chi connectivity index (χ4n) is 2.46. The number of aryl methyl sites for hydroxylation is 1. The molecule has 1 fully saturated rings. The van der Waals surface area contributed by atoms with E-state index in [0.717, 1.165) is 12.8 Å². The van der Waals surface area contributed by atoms with Crippen LogP contribution in [0, 0.1) is 0 Å². The smallest absolute Gasteiger partial charge is 0.304 e. The van der Waals surface area contributed by atoms with Crippen molar-refractivity contribution in [2.45, 2.75) is 36.6 Å². The van der Waals surface area contributed by atoms with Gasteiger partial charge in [0.2, 0.25) is 10.0 Å². The summed E-state index contributed by atoms with van der Waals surface area (Å²) in [7, 11) is -1.83. The van der Waals surface area contributed by atoms with E-state index in [0.29, 0.717) is 13.0 Å². The van der Waals surface area contributed by atoms with Crippen LogP contribution in [0.3, 0.4) is 0 Å². The van der Waals surface area contributed by atoms with Crippen LogP contribution >= 0.6 is 0 Å². The van der Waals surface area contributed by atoms with Crippen LogP contribution in [0.2, 0.25) is 0 Å². The number of carboxylic acids is 1. The zero-order valence-corrected chi connectivity index (χ0v) is 11.6. The van der Waals surface area contributed by atoms with E-state index in [2.05, 4.69) is 0 Å². The molecule has 0 radical (unpaired) electrons. The molecule has 1 unspecified atom stereocenters. The van der Waals surface area contributed by atoms with Crippen LogP contribution < -0.4 is 0 Å². The third-order valence-corrected chi connectivity index (χ3v) is 5.33. The molecule has 0 amide bonds. The highest BCUT2D eigenvalue weighted by molar-refractivity contribution is 7.89. The lowest BCUT2D eigenvalue weighted by molar-refractivity contribution is -0.138. The maximum absolute atomic E-state index is 12.5. The summed E-state index contributed by atoms with van der Waals surface area (Å²) in [5, 5.41) is 8.90. The summed E-state index contributed by atoms with van der Waals surface area (Å²) >= 11 is 0. The van der Waals surface area contributed by atoms with Crippen LogP contribution in [-0.4, -0.2) is 41.0 Å². The van der Waals surface area contributed by atoms with Crippen LogP contribution in [0.1, 0.15) is 25.7 Å². The van der Waals surface area contributed by atoms with Gasteiger partial charge < -0.3 is 9.67 Å². The Morgan fingerprint density at radius 1 is 1.47 bits per heavy atom. The van der Waals surface area contributed by atoms with Gasteiger partial charge in [-0.15, -0.1) is 0 Å². The number of aliphatic carboxylic acids is 1. The minimum atomic E-state index is -3.59. The molecule has 0 saturated carbocycles. The van der Waals surface area contributed by atoms with Gasteiger partial charge in [-0.05, 0) is 18.9 Å². The standard InChI is InChI=1S/C12H18N2O4S/c1-13-7-5-11(9-13)19(17,18)14-6-3-2-4-10(14)8-12(15)16/h5,7,9-10H,2-4,6,8H2,1H3,(H,15,16). The monoisotopic (exact) mass is 286 g/mol. The summed E-state index contributed by atoms with van der Waals surface area (Å²) in [6, 6.07) is 1.11. The molecule has 1 saturated heterocycles. The first-order valence-corrected chi connectivity index (χ1v) is 7.71. The van der Waals surface area contributed by atoms with Crippen molar-refractivity contribution in [1.29, 1.82) is 0 Å². The second-order valence-electron chi connectivity index (χ2n) is 4.88. The van der Waals surface area contributed by atoms with Crippen molar-refractivity contribution in [3.63, 3.8) is 0 Å². The Morgan fingerprint density at radius 2 is 2.21 bits per heavy atom. The molecule has 19 heavy (non-hydrogen) atoms. The molecule has 1 aromatic rings. The van der Waals surface area contributed by atoms with E-state index in [1.807, 2.05) is 0 Å². The molecule has 1 aliphatic rings. The van der Waals surface area contributed by atoms with Gasteiger partial charge in [-0.25, -0.2) is 8.42 Å². The molecular formula is C12H18N2O4S. The van der Waals surface area contributed by atoms with Crippen LogP contribution in [-0.2, 0) is 21.9 Å². The van der Waals surface area contributed by atoms with Gasteiger partial charge in [0, 0.05) is 32.0 Å². The van der Waals surface area contributed by atoms with Crippen molar-refractivity contribution >= 4 is 16.0 Å². The van der Waals surface area contributed by atoms with E-state index < -0.39 is 22.0 Å². The van der Waals surface area contributed by atoms with Gasteiger partial charge in [0.05, 0.1) is 11.3 Å². The van der Waals surface area contributed by atoms with Crippen molar-refractivity contribution in [1.82, 2.24) is 8.87 Å². The van der Waals surface area contributed by atoms with E-state index >= 15 is 0 Å². The van der Waals surface area contributed by atoms with E-state index in [1.165, 1.54) is 4.31 Å². The zero-order chi connectivity index (χ0) is 14.0. The Morgan fingerprint density at radius 3 is 2.79 bits per heavy atom. The first-order chi connectivity index (χ1) is 8.91. The van der Waals surface area contributed by atoms with Crippen LogP contribution in [0.4, 0.5) is 0 Å². The SMILES string of the molecule is Cn1ccc(S(=O)(=O)N2CCCCC2CC(=O)O)c1. The van der Waals surface area contributed by atoms with Gasteiger partial charge >= 0.3 is 5.97 Å². The Bertz CT molecular complexity index is 564. The summed E-state index contributed by atoms with van der Waals surface area (Å²) in [4.78, 5) is 11.1. The fraction of sp³-hybridized carbons (Fsp3) is 0.583. The van der Waals surface area contributed by atoms with Crippen molar-refractivity contribution in [3.05, 3.63) is 18.5 Å². The van der Waals surface area contributed by atoms with E-state index in [1.54, 1.807) is 30.1 Å². The van der Waals surface area contributed by atoms with Gasteiger partial charge in [0.15, 0.2) is 0 Å². The number of rotatable bonds is 4. The van der Waals surface area contributed by atoms with E-state index in [-0.39, 0.29) is 11.3 Å². The number of sulfonamides is 1. The van der Waals surface area contributed by atoms with Crippen molar-refractivity contribution in [3.8, 4) is 0 Å². The van der Waals surface area contributed by atoms with Gasteiger partial charge in [0.1, 0.15) is 0 Å². The normalized spacial score (nSPS) is 21.4. The highest BCUT2D eigenvalue weighted by Gasteiger charge is 2.34. The van der Waals surface area contributed by atoms with E-state index in [4.69, 9.17) is 5.11 Å². The Kier molecular flexibility index (Phi) is 3.96. The third-order valence-electron chi connectivity index (χ3n) is 3.39. The molecule has 0 aliphatic carbocycles. The first kappa shape index (κ1) is 14.1. The first-order valence-electron chi connectivity index (χ1n) is 6.27. The van der Waals surface area contributed by atoms with E-state index in [9.17, 15) is 13.2 Å². The quantitative estimate of drug-likeness (QED) is 0.897. The molecular weight excluding hydrogens is 268 g/mol. The average Bonchev–Trinajstić information content (AvgIpc) is 2.76. The fourth-order valence-corrected chi connectivity index (χ4v) is 4.21. The molecule has 1 aliphatic heterocycles. The third kappa shape index (κ3) is 2.98. The maximum atomic E-state index is 12.5. The molecule has 2 rings (SSSR count). The Hall–Kier alpha value is -1.34. The van der Waals surface area contributed by atoms with Gasteiger partial charge in [-0.1, -0.05) is 6.42 Å². The minimum absolute atomic E-state index is 0.133. The molecule has 106 valence electrons.